The van der Waals surface area contributed by atoms with E-state index in [9.17, 15) is 29.1 Å². The lowest BCUT2D eigenvalue weighted by atomic mass is 10.1. The maximum atomic E-state index is 12.2. The number of rotatable bonds is 12. The van der Waals surface area contributed by atoms with Crippen LogP contribution in [0.15, 0.2) is 0 Å². The molecule has 0 fully saturated rings. The highest BCUT2D eigenvalue weighted by molar-refractivity contribution is 5.93. The van der Waals surface area contributed by atoms with Gasteiger partial charge in [-0.3, -0.25) is 19.2 Å². The highest BCUT2D eigenvalue weighted by Crippen LogP contribution is 2.01. The second-order valence-corrected chi connectivity index (χ2v) is 5.70. The van der Waals surface area contributed by atoms with Crippen LogP contribution < -0.4 is 27.4 Å². The van der Waals surface area contributed by atoms with Gasteiger partial charge in [0.2, 0.25) is 23.6 Å². The summed E-state index contributed by atoms with van der Waals surface area (Å²) in [7, 11) is 0. The molecular weight excluding hydrogens is 366 g/mol. The number of primary amides is 1. The van der Waals surface area contributed by atoms with Gasteiger partial charge < -0.3 is 42.7 Å². The van der Waals surface area contributed by atoms with Crippen LogP contribution in [0.1, 0.15) is 19.8 Å². The summed E-state index contributed by atoms with van der Waals surface area (Å²) in [5, 5.41) is 33.5. The van der Waals surface area contributed by atoms with E-state index in [0.717, 1.165) is 6.92 Å². The molecule has 0 rings (SSSR count). The van der Waals surface area contributed by atoms with Crippen molar-refractivity contribution < 1.29 is 39.3 Å². The summed E-state index contributed by atoms with van der Waals surface area (Å²) < 4.78 is 0. The largest absolute Gasteiger partial charge is 0.480 e. The van der Waals surface area contributed by atoms with Crippen molar-refractivity contribution in [3.05, 3.63) is 0 Å². The Balaban J connectivity index is 4.95. The van der Waals surface area contributed by atoms with E-state index in [1.165, 1.54) is 0 Å². The van der Waals surface area contributed by atoms with Crippen LogP contribution in [-0.4, -0.2) is 82.3 Å². The topological polar surface area (TPSA) is 234 Å². The fourth-order valence-corrected chi connectivity index (χ4v) is 1.82. The first-order valence-electron chi connectivity index (χ1n) is 7.92. The highest BCUT2D eigenvalue weighted by Gasteiger charge is 2.29. The summed E-state index contributed by atoms with van der Waals surface area (Å²) in [6.07, 6.45) is -1.94. The van der Waals surface area contributed by atoms with E-state index in [-0.39, 0.29) is 12.8 Å². The molecular formula is C14H25N5O8. The summed E-state index contributed by atoms with van der Waals surface area (Å²) in [5.74, 6) is -4.85. The molecule has 0 aromatic rings. The Hall–Kier alpha value is -2.77. The summed E-state index contributed by atoms with van der Waals surface area (Å²) in [5.41, 5.74) is 10.3. The van der Waals surface area contributed by atoms with Gasteiger partial charge in [-0.1, -0.05) is 0 Å². The van der Waals surface area contributed by atoms with Gasteiger partial charge in [-0.2, -0.15) is 0 Å². The number of amides is 4. The van der Waals surface area contributed by atoms with E-state index >= 15 is 0 Å². The average molecular weight is 391 g/mol. The van der Waals surface area contributed by atoms with Crippen molar-refractivity contribution in [3.63, 3.8) is 0 Å². The first-order valence-corrected chi connectivity index (χ1v) is 7.92. The van der Waals surface area contributed by atoms with Crippen LogP contribution in [0.2, 0.25) is 0 Å². The number of hydrogen-bond donors (Lipinski definition) is 8. The van der Waals surface area contributed by atoms with Crippen molar-refractivity contribution in [1.29, 1.82) is 0 Å². The zero-order valence-electron chi connectivity index (χ0n) is 14.7. The Morgan fingerprint density at radius 1 is 1.07 bits per heavy atom. The van der Waals surface area contributed by atoms with Gasteiger partial charge >= 0.3 is 5.97 Å². The van der Waals surface area contributed by atoms with Gasteiger partial charge in [-0.15, -0.1) is 0 Å². The van der Waals surface area contributed by atoms with Crippen molar-refractivity contribution in [2.75, 3.05) is 13.2 Å². The first-order chi connectivity index (χ1) is 12.5. The lowest BCUT2D eigenvalue weighted by Gasteiger charge is -2.22. The Bertz CT molecular complexity index is 568. The van der Waals surface area contributed by atoms with Crippen LogP contribution in [-0.2, 0) is 24.0 Å². The van der Waals surface area contributed by atoms with Crippen LogP contribution in [0.25, 0.3) is 0 Å². The molecule has 0 aromatic carbocycles. The number of carboxylic acids is 1. The van der Waals surface area contributed by atoms with Crippen LogP contribution in [0.5, 0.6) is 0 Å². The maximum Gasteiger partial charge on any atom is 0.328 e. The van der Waals surface area contributed by atoms with E-state index in [2.05, 4.69) is 10.6 Å². The van der Waals surface area contributed by atoms with Gasteiger partial charge in [0.05, 0.1) is 19.3 Å². The monoisotopic (exact) mass is 391 g/mol. The molecule has 10 N–H and O–H groups in total. The zero-order chi connectivity index (χ0) is 21.1. The van der Waals surface area contributed by atoms with Gasteiger partial charge in [0.1, 0.15) is 12.1 Å². The minimum absolute atomic E-state index is 0.233. The third-order valence-corrected chi connectivity index (χ3v) is 3.33. The molecule has 4 atom stereocenters. The molecule has 0 aliphatic rings. The van der Waals surface area contributed by atoms with Crippen molar-refractivity contribution in [2.45, 2.75) is 44.0 Å². The van der Waals surface area contributed by atoms with Gasteiger partial charge in [0, 0.05) is 6.42 Å². The number of carbonyl (C=O) groups is 5. The van der Waals surface area contributed by atoms with Crippen LogP contribution >= 0.6 is 0 Å². The minimum atomic E-state index is -1.63. The normalized spacial score (nSPS) is 15.0. The SMILES string of the molecule is CC(O)C(NC(=O)C(CCC(N)=O)NC(=O)CNC(=O)C(N)CO)C(=O)O. The summed E-state index contributed by atoms with van der Waals surface area (Å²) in [6.45, 7) is -0.0609. The Kier molecular flexibility index (Phi) is 10.6. The maximum absolute atomic E-state index is 12.2. The fourth-order valence-electron chi connectivity index (χ4n) is 1.82. The van der Waals surface area contributed by atoms with E-state index in [4.69, 9.17) is 21.7 Å². The van der Waals surface area contributed by atoms with E-state index < -0.39 is 67.0 Å². The molecule has 13 heteroatoms. The molecule has 0 heterocycles. The number of nitrogens with one attached hydrogen (secondary N) is 3. The number of aliphatic carboxylic acids is 1. The molecule has 0 aliphatic carbocycles. The molecule has 0 spiro atoms. The van der Waals surface area contributed by atoms with E-state index in [0.29, 0.717) is 0 Å². The quantitative estimate of drug-likeness (QED) is 0.159. The highest BCUT2D eigenvalue weighted by atomic mass is 16.4. The predicted octanol–water partition coefficient (Wildman–Crippen LogP) is -4.88. The van der Waals surface area contributed by atoms with E-state index in [1.807, 2.05) is 5.32 Å². The Labute approximate surface area is 154 Å². The first kappa shape index (κ1) is 24.2. The van der Waals surface area contributed by atoms with Crippen molar-refractivity contribution in [3.8, 4) is 0 Å². The second kappa shape index (κ2) is 11.8. The average Bonchev–Trinajstić information content (AvgIpc) is 2.59. The van der Waals surface area contributed by atoms with Crippen LogP contribution in [0.3, 0.4) is 0 Å². The van der Waals surface area contributed by atoms with Crippen molar-refractivity contribution in [2.24, 2.45) is 11.5 Å². The molecule has 0 radical (unpaired) electrons. The fraction of sp³-hybridized carbons (Fsp3) is 0.643. The molecule has 0 bridgehead atoms. The van der Waals surface area contributed by atoms with Gasteiger partial charge in [0.25, 0.3) is 0 Å². The Morgan fingerprint density at radius 2 is 1.67 bits per heavy atom. The Morgan fingerprint density at radius 3 is 2.11 bits per heavy atom. The third kappa shape index (κ3) is 9.48. The molecule has 4 unspecified atom stereocenters. The standard InChI is InChI=1S/C14H25N5O8/c1-6(21)11(14(26)27)19-13(25)8(2-3-9(16)22)18-10(23)4-17-12(24)7(15)5-20/h6-8,11,20-21H,2-5,15H2,1H3,(H2,16,22)(H,17,24)(H,18,23)(H,19,25)(H,26,27). The molecule has 4 amide bonds. The molecule has 27 heavy (non-hydrogen) atoms. The molecule has 0 saturated heterocycles. The summed E-state index contributed by atoms with van der Waals surface area (Å²) in [6, 6.07) is -4.20. The summed E-state index contributed by atoms with van der Waals surface area (Å²) in [4.78, 5) is 57.5. The second-order valence-electron chi connectivity index (χ2n) is 5.70. The number of carbonyl (C=O) groups excluding carboxylic acids is 4. The summed E-state index contributed by atoms with van der Waals surface area (Å²) >= 11 is 0. The third-order valence-electron chi connectivity index (χ3n) is 3.33. The lowest BCUT2D eigenvalue weighted by molar-refractivity contribution is -0.145. The predicted molar refractivity (Wildman–Crippen MR) is 89.7 cm³/mol. The van der Waals surface area contributed by atoms with Gasteiger partial charge in [0.15, 0.2) is 6.04 Å². The molecule has 13 nitrogen and oxygen atoms in total. The molecule has 0 aliphatic heterocycles. The molecule has 0 aromatic heterocycles. The number of aliphatic hydroxyl groups excluding tert-OH is 2. The van der Waals surface area contributed by atoms with E-state index in [1.54, 1.807) is 0 Å². The molecule has 0 saturated carbocycles. The smallest absolute Gasteiger partial charge is 0.328 e. The number of aliphatic hydroxyl groups is 2. The van der Waals surface area contributed by atoms with Crippen molar-refractivity contribution in [1.82, 2.24) is 16.0 Å². The van der Waals surface area contributed by atoms with Gasteiger partial charge in [-0.25, -0.2) is 4.79 Å². The van der Waals surface area contributed by atoms with Crippen LogP contribution in [0, 0.1) is 0 Å². The number of nitrogens with two attached hydrogens (primary N) is 2. The van der Waals surface area contributed by atoms with Crippen molar-refractivity contribution >= 4 is 29.6 Å². The molecule has 154 valence electrons. The van der Waals surface area contributed by atoms with Gasteiger partial charge in [-0.05, 0) is 13.3 Å². The minimum Gasteiger partial charge on any atom is -0.480 e. The number of carboxylic acid groups (broad SMARTS) is 1. The number of hydrogen-bond acceptors (Lipinski definition) is 8. The lowest BCUT2D eigenvalue weighted by Crippen LogP contribution is -2.56. The van der Waals surface area contributed by atoms with Crippen LogP contribution in [0.4, 0.5) is 0 Å². The zero-order valence-corrected chi connectivity index (χ0v) is 14.7.